The van der Waals surface area contributed by atoms with Crippen LogP contribution >= 0.6 is 0 Å². The zero-order valence-corrected chi connectivity index (χ0v) is 12.9. The Bertz CT molecular complexity index is 432. The first-order chi connectivity index (χ1) is 9.87. The van der Waals surface area contributed by atoms with E-state index in [9.17, 15) is 13.2 Å². The van der Waals surface area contributed by atoms with Gasteiger partial charge >= 0.3 is 6.18 Å². The first-order valence-electron chi connectivity index (χ1n) is 7.32. The SMILES string of the molecule is CCCNC(CCCC(F)(F)F)c1ccc(C)c(OC)c1. The summed E-state index contributed by atoms with van der Waals surface area (Å²) in [7, 11) is 1.60. The van der Waals surface area contributed by atoms with Crippen LogP contribution in [0.15, 0.2) is 18.2 Å². The summed E-state index contributed by atoms with van der Waals surface area (Å²) in [5.41, 5.74) is 2.00. The molecular formula is C16H24F3NO. The summed E-state index contributed by atoms with van der Waals surface area (Å²) in [5.74, 6) is 0.770. The second-order valence-electron chi connectivity index (χ2n) is 5.24. The van der Waals surface area contributed by atoms with Crippen LogP contribution in [0, 0.1) is 6.92 Å². The fraction of sp³-hybridized carbons (Fsp3) is 0.625. The van der Waals surface area contributed by atoms with Gasteiger partial charge in [-0.1, -0.05) is 19.1 Å². The molecule has 1 unspecified atom stereocenters. The van der Waals surface area contributed by atoms with Crippen molar-refractivity contribution in [2.45, 2.75) is 51.7 Å². The lowest BCUT2D eigenvalue weighted by atomic mass is 9.99. The molecule has 0 aromatic heterocycles. The second-order valence-corrected chi connectivity index (χ2v) is 5.24. The predicted octanol–water partition coefficient (Wildman–Crippen LogP) is 4.78. The van der Waals surface area contributed by atoms with Crippen LogP contribution in [0.5, 0.6) is 5.75 Å². The van der Waals surface area contributed by atoms with Crippen LogP contribution in [0.4, 0.5) is 13.2 Å². The highest BCUT2D eigenvalue weighted by Crippen LogP contribution is 2.29. The highest BCUT2D eigenvalue weighted by atomic mass is 19.4. The highest BCUT2D eigenvalue weighted by molar-refractivity contribution is 5.37. The Morgan fingerprint density at radius 3 is 2.57 bits per heavy atom. The molecule has 0 amide bonds. The van der Waals surface area contributed by atoms with Crippen LogP contribution in [0.2, 0.25) is 0 Å². The van der Waals surface area contributed by atoms with Crippen LogP contribution in [0.25, 0.3) is 0 Å². The molecule has 2 nitrogen and oxygen atoms in total. The van der Waals surface area contributed by atoms with Gasteiger partial charge in [0, 0.05) is 12.5 Å². The molecule has 1 aromatic carbocycles. The number of hydrogen-bond donors (Lipinski definition) is 1. The summed E-state index contributed by atoms with van der Waals surface area (Å²) in [6.45, 7) is 4.77. The molecule has 0 radical (unpaired) electrons. The Labute approximate surface area is 124 Å². The number of ether oxygens (including phenoxy) is 1. The largest absolute Gasteiger partial charge is 0.496 e. The lowest BCUT2D eigenvalue weighted by Gasteiger charge is -2.20. The van der Waals surface area contributed by atoms with E-state index in [1.165, 1.54) is 0 Å². The van der Waals surface area contributed by atoms with Gasteiger partial charge in [0.15, 0.2) is 0 Å². The molecule has 21 heavy (non-hydrogen) atoms. The summed E-state index contributed by atoms with van der Waals surface area (Å²) in [5, 5.41) is 3.32. The lowest BCUT2D eigenvalue weighted by Crippen LogP contribution is -2.23. The summed E-state index contributed by atoms with van der Waals surface area (Å²) in [6.07, 6.45) is -3.29. The minimum Gasteiger partial charge on any atom is -0.496 e. The summed E-state index contributed by atoms with van der Waals surface area (Å²) in [4.78, 5) is 0. The molecule has 0 heterocycles. The third kappa shape index (κ3) is 6.38. The molecular weight excluding hydrogens is 279 g/mol. The molecule has 0 fully saturated rings. The van der Waals surface area contributed by atoms with Crippen molar-refractivity contribution in [1.82, 2.24) is 5.32 Å². The summed E-state index contributed by atoms with van der Waals surface area (Å²) in [6, 6.07) is 5.75. The lowest BCUT2D eigenvalue weighted by molar-refractivity contribution is -0.135. The van der Waals surface area contributed by atoms with Gasteiger partial charge in [0.25, 0.3) is 0 Å². The molecule has 5 heteroatoms. The Morgan fingerprint density at radius 1 is 1.29 bits per heavy atom. The van der Waals surface area contributed by atoms with Crippen LogP contribution < -0.4 is 10.1 Å². The zero-order chi connectivity index (χ0) is 15.9. The fourth-order valence-corrected chi connectivity index (χ4v) is 2.27. The van der Waals surface area contributed by atoms with E-state index < -0.39 is 12.6 Å². The van der Waals surface area contributed by atoms with Crippen molar-refractivity contribution in [2.75, 3.05) is 13.7 Å². The first kappa shape index (κ1) is 17.8. The average Bonchev–Trinajstić information content (AvgIpc) is 2.42. The van der Waals surface area contributed by atoms with Gasteiger partial charge in [-0.25, -0.2) is 0 Å². The van der Waals surface area contributed by atoms with E-state index in [0.717, 1.165) is 29.8 Å². The number of alkyl halides is 3. The number of nitrogens with one attached hydrogen (secondary N) is 1. The Balaban J connectivity index is 2.76. The van der Waals surface area contributed by atoms with Crippen molar-refractivity contribution in [2.24, 2.45) is 0 Å². The third-order valence-corrected chi connectivity index (χ3v) is 3.43. The average molecular weight is 303 g/mol. The minimum atomic E-state index is -4.08. The Hall–Kier alpha value is -1.23. The number of aryl methyl sites for hydroxylation is 1. The number of rotatable bonds is 8. The van der Waals surface area contributed by atoms with Gasteiger partial charge < -0.3 is 10.1 Å². The van der Waals surface area contributed by atoms with Gasteiger partial charge in [-0.3, -0.25) is 0 Å². The van der Waals surface area contributed by atoms with Crippen molar-refractivity contribution in [3.05, 3.63) is 29.3 Å². The second kappa shape index (κ2) is 8.27. The minimum absolute atomic E-state index is 0.0678. The van der Waals surface area contributed by atoms with Gasteiger partial charge in [-0.15, -0.1) is 0 Å². The molecule has 120 valence electrons. The van der Waals surface area contributed by atoms with Gasteiger partial charge in [-0.05, 0) is 49.9 Å². The molecule has 1 atom stereocenters. The van der Waals surface area contributed by atoms with E-state index in [4.69, 9.17) is 4.74 Å². The molecule has 1 N–H and O–H groups in total. The highest BCUT2D eigenvalue weighted by Gasteiger charge is 2.27. The third-order valence-electron chi connectivity index (χ3n) is 3.43. The van der Waals surface area contributed by atoms with Crippen molar-refractivity contribution in [3.63, 3.8) is 0 Å². The van der Waals surface area contributed by atoms with E-state index in [1.807, 2.05) is 32.0 Å². The summed E-state index contributed by atoms with van der Waals surface area (Å²) < 4.78 is 42.2. The molecule has 0 aliphatic carbocycles. The topological polar surface area (TPSA) is 21.3 Å². The monoisotopic (exact) mass is 303 g/mol. The van der Waals surface area contributed by atoms with Gasteiger partial charge in [0.05, 0.1) is 7.11 Å². The van der Waals surface area contributed by atoms with E-state index in [0.29, 0.717) is 6.42 Å². The maximum Gasteiger partial charge on any atom is 0.389 e. The number of benzene rings is 1. The standard InChI is InChI=1S/C16H24F3NO/c1-4-10-20-14(6-5-9-16(17,18)19)13-8-7-12(2)15(11-13)21-3/h7-8,11,14,20H,4-6,9-10H2,1-3H3. The number of halogens is 3. The van der Waals surface area contributed by atoms with Crippen LogP contribution in [0.1, 0.15) is 49.8 Å². The molecule has 0 aliphatic rings. The maximum atomic E-state index is 12.3. The van der Waals surface area contributed by atoms with E-state index in [2.05, 4.69) is 5.32 Å². The molecule has 1 rings (SSSR count). The van der Waals surface area contributed by atoms with Crippen LogP contribution in [0.3, 0.4) is 0 Å². The summed E-state index contributed by atoms with van der Waals surface area (Å²) >= 11 is 0. The van der Waals surface area contributed by atoms with Crippen LogP contribution in [-0.2, 0) is 0 Å². The molecule has 0 spiro atoms. The Kier molecular flexibility index (Phi) is 7.02. The van der Waals surface area contributed by atoms with Crippen LogP contribution in [-0.4, -0.2) is 19.8 Å². The molecule has 0 aliphatic heterocycles. The quantitative estimate of drug-likeness (QED) is 0.746. The Morgan fingerprint density at radius 2 is 2.00 bits per heavy atom. The van der Waals surface area contributed by atoms with Crippen molar-refractivity contribution in [1.29, 1.82) is 0 Å². The van der Waals surface area contributed by atoms with Gasteiger partial charge in [0.2, 0.25) is 0 Å². The predicted molar refractivity (Wildman–Crippen MR) is 78.7 cm³/mol. The molecule has 1 aromatic rings. The van der Waals surface area contributed by atoms with Crippen molar-refractivity contribution < 1.29 is 17.9 Å². The van der Waals surface area contributed by atoms with Crippen molar-refractivity contribution in [3.8, 4) is 5.75 Å². The maximum absolute atomic E-state index is 12.3. The van der Waals surface area contributed by atoms with Gasteiger partial charge in [-0.2, -0.15) is 13.2 Å². The van der Waals surface area contributed by atoms with E-state index in [-0.39, 0.29) is 12.5 Å². The molecule has 0 saturated carbocycles. The fourth-order valence-electron chi connectivity index (χ4n) is 2.27. The normalized spacial score (nSPS) is 13.2. The zero-order valence-electron chi connectivity index (χ0n) is 12.9. The van der Waals surface area contributed by atoms with E-state index in [1.54, 1.807) is 7.11 Å². The van der Waals surface area contributed by atoms with E-state index >= 15 is 0 Å². The number of hydrogen-bond acceptors (Lipinski definition) is 2. The van der Waals surface area contributed by atoms with Crippen molar-refractivity contribution >= 4 is 0 Å². The number of methoxy groups -OCH3 is 1. The molecule has 0 bridgehead atoms. The van der Waals surface area contributed by atoms with Gasteiger partial charge in [0.1, 0.15) is 5.75 Å². The first-order valence-corrected chi connectivity index (χ1v) is 7.32. The molecule has 0 saturated heterocycles. The smallest absolute Gasteiger partial charge is 0.389 e.